The van der Waals surface area contributed by atoms with Gasteiger partial charge >= 0.3 is 0 Å². The number of nitriles is 2. The summed E-state index contributed by atoms with van der Waals surface area (Å²) < 4.78 is 8.57. The molecule has 10 aromatic rings. The number of nitrogens with zero attached hydrogens (tertiary/aromatic N) is 6. The molecule has 7 heteroatoms. The van der Waals surface area contributed by atoms with E-state index in [1.165, 1.54) is 0 Å². The lowest BCUT2D eigenvalue weighted by atomic mass is 9.95. The van der Waals surface area contributed by atoms with Crippen LogP contribution in [-0.4, -0.2) is 19.5 Å². The molecule has 0 radical (unpaired) electrons. The van der Waals surface area contributed by atoms with E-state index in [1.807, 2.05) is 97.1 Å². The highest BCUT2D eigenvalue weighted by molar-refractivity contribution is 6.12. The number of hydrogen-bond donors (Lipinski definition) is 0. The molecule has 54 heavy (non-hydrogen) atoms. The van der Waals surface area contributed by atoms with Crippen molar-refractivity contribution in [1.29, 1.82) is 10.5 Å². The van der Waals surface area contributed by atoms with Crippen LogP contribution in [-0.2, 0) is 0 Å². The van der Waals surface area contributed by atoms with Crippen molar-refractivity contribution < 1.29 is 4.42 Å². The van der Waals surface area contributed by atoms with Crippen LogP contribution in [0.2, 0.25) is 0 Å². The first-order chi connectivity index (χ1) is 26.7. The quantitative estimate of drug-likeness (QED) is 0.178. The molecule has 0 fully saturated rings. The number of rotatable bonds is 5. The molecule has 0 bridgehead atoms. The van der Waals surface area contributed by atoms with Crippen molar-refractivity contribution in [2.75, 3.05) is 0 Å². The molecular weight excluding hydrogens is 665 g/mol. The zero-order chi connectivity index (χ0) is 36.2. The molecule has 0 aliphatic rings. The summed E-state index contributed by atoms with van der Waals surface area (Å²) in [6.07, 6.45) is 0. The van der Waals surface area contributed by atoms with Crippen molar-refractivity contribution in [2.24, 2.45) is 0 Å². The van der Waals surface area contributed by atoms with Gasteiger partial charge in [-0.1, -0.05) is 97.1 Å². The maximum atomic E-state index is 9.92. The minimum absolute atomic E-state index is 0.354. The Balaban J connectivity index is 1.14. The summed E-state index contributed by atoms with van der Waals surface area (Å²) in [5, 5.41) is 23.6. The predicted octanol–water partition coefficient (Wildman–Crippen LogP) is 11.3. The monoisotopic (exact) mass is 690 g/mol. The lowest BCUT2D eigenvalue weighted by Gasteiger charge is -2.10. The van der Waals surface area contributed by atoms with Gasteiger partial charge in [-0.15, -0.1) is 0 Å². The Morgan fingerprint density at radius 3 is 1.74 bits per heavy atom. The zero-order valence-electron chi connectivity index (χ0n) is 28.6. The van der Waals surface area contributed by atoms with Crippen molar-refractivity contribution in [1.82, 2.24) is 19.5 Å². The van der Waals surface area contributed by atoms with Crippen molar-refractivity contribution in [2.45, 2.75) is 0 Å². The summed E-state index contributed by atoms with van der Waals surface area (Å²) in [6.45, 7) is 0. The summed E-state index contributed by atoms with van der Waals surface area (Å²) in [5.74, 6) is 1.84. The average Bonchev–Trinajstić information content (AvgIpc) is 3.78. The SMILES string of the molecule is N#Cc1cccc(-c2ccc3oc4ccc(-n5c6ccccc6c6cc(-c7nc(-c8ccccc8)nc(-c8ccccc8)n7)ccc65)cc4c3c2)c1C#N. The Morgan fingerprint density at radius 1 is 0.444 bits per heavy atom. The second kappa shape index (κ2) is 12.4. The van der Waals surface area contributed by atoms with Crippen molar-refractivity contribution in [3.63, 3.8) is 0 Å². The normalized spacial score (nSPS) is 11.3. The minimum Gasteiger partial charge on any atom is -0.456 e. The molecule has 7 aromatic carbocycles. The summed E-state index contributed by atoms with van der Waals surface area (Å²) in [4.78, 5) is 14.8. The second-order valence-corrected chi connectivity index (χ2v) is 13.1. The van der Waals surface area contributed by atoms with Gasteiger partial charge in [0.2, 0.25) is 0 Å². The van der Waals surface area contributed by atoms with Gasteiger partial charge in [-0.2, -0.15) is 10.5 Å². The van der Waals surface area contributed by atoms with Gasteiger partial charge < -0.3 is 8.98 Å². The van der Waals surface area contributed by atoms with Gasteiger partial charge in [0.1, 0.15) is 23.3 Å². The van der Waals surface area contributed by atoms with E-state index < -0.39 is 0 Å². The second-order valence-electron chi connectivity index (χ2n) is 13.1. The number of fused-ring (bicyclic) bond motifs is 6. The average molecular weight is 691 g/mol. The van der Waals surface area contributed by atoms with Crippen LogP contribution in [0.15, 0.2) is 162 Å². The summed E-state index contributed by atoms with van der Waals surface area (Å²) in [6, 6.07) is 56.7. The van der Waals surface area contributed by atoms with E-state index in [2.05, 4.69) is 71.3 Å². The number of para-hydroxylation sites is 1. The molecule has 250 valence electrons. The molecule has 0 amide bonds. The van der Waals surface area contributed by atoms with E-state index in [1.54, 1.807) is 6.07 Å². The highest BCUT2D eigenvalue weighted by atomic mass is 16.3. The first-order valence-electron chi connectivity index (χ1n) is 17.5. The van der Waals surface area contributed by atoms with Gasteiger partial charge in [0.05, 0.1) is 22.2 Å². The molecule has 0 aliphatic carbocycles. The molecule has 0 saturated carbocycles. The van der Waals surface area contributed by atoms with E-state index in [4.69, 9.17) is 19.4 Å². The fourth-order valence-electron chi connectivity index (χ4n) is 7.41. The van der Waals surface area contributed by atoms with Crippen LogP contribution in [0.3, 0.4) is 0 Å². The predicted molar refractivity (Wildman–Crippen MR) is 213 cm³/mol. The lowest BCUT2D eigenvalue weighted by molar-refractivity contribution is 0.669. The Kier molecular flexibility index (Phi) is 7.11. The van der Waals surface area contributed by atoms with Crippen LogP contribution in [0.4, 0.5) is 0 Å². The lowest BCUT2D eigenvalue weighted by Crippen LogP contribution is -2.00. The molecule has 0 saturated heterocycles. The molecule has 0 N–H and O–H groups in total. The highest BCUT2D eigenvalue weighted by Crippen LogP contribution is 2.39. The first-order valence-corrected chi connectivity index (χ1v) is 17.5. The molecule has 7 nitrogen and oxygen atoms in total. The number of benzene rings is 7. The molecule has 0 atom stereocenters. The first kappa shape index (κ1) is 30.9. The van der Waals surface area contributed by atoms with E-state index in [-0.39, 0.29) is 0 Å². The van der Waals surface area contributed by atoms with E-state index in [0.717, 1.165) is 71.7 Å². The van der Waals surface area contributed by atoms with Crippen LogP contribution in [0.25, 0.3) is 94.7 Å². The third kappa shape index (κ3) is 5.00. The van der Waals surface area contributed by atoms with Crippen LogP contribution in [0.1, 0.15) is 11.1 Å². The van der Waals surface area contributed by atoms with Crippen LogP contribution < -0.4 is 0 Å². The molecule has 3 aromatic heterocycles. The zero-order valence-corrected chi connectivity index (χ0v) is 28.6. The van der Waals surface area contributed by atoms with Gasteiger partial charge in [0.15, 0.2) is 17.5 Å². The smallest absolute Gasteiger partial charge is 0.164 e. The topological polar surface area (TPSA) is 104 Å². The Bertz CT molecular complexity index is 3130. The third-order valence-corrected chi connectivity index (χ3v) is 9.95. The molecule has 3 heterocycles. The van der Waals surface area contributed by atoms with Gasteiger partial charge in [0.25, 0.3) is 0 Å². The number of aromatic nitrogens is 4. The van der Waals surface area contributed by atoms with Crippen molar-refractivity contribution in [3.05, 3.63) is 169 Å². The Labute approximate surface area is 309 Å². The van der Waals surface area contributed by atoms with Gasteiger partial charge in [-0.3, -0.25) is 0 Å². The van der Waals surface area contributed by atoms with Crippen molar-refractivity contribution >= 4 is 43.7 Å². The van der Waals surface area contributed by atoms with E-state index in [9.17, 15) is 10.5 Å². The van der Waals surface area contributed by atoms with Crippen LogP contribution >= 0.6 is 0 Å². The molecule has 0 aliphatic heterocycles. The summed E-state index contributed by atoms with van der Waals surface area (Å²) in [5.41, 5.74) is 9.61. The largest absolute Gasteiger partial charge is 0.456 e. The molecule has 10 rings (SSSR count). The van der Waals surface area contributed by atoms with Crippen LogP contribution in [0.5, 0.6) is 0 Å². The minimum atomic E-state index is 0.354. The fourth-order valence-corrected chi connectivity index (χ4v) is 7.41. The van der Waals surface area contributed by atoms with Crippen LogP contribution in [0, 0.1) is 22.7 Å². The Hall–Kier alpha value is -7.87. The highest BCUT2D eigenvalue weighted by Gasteiger charge is 2.18. The maximum Gasteiger partial charge on any atom is 0.164 e. The number of furan rings is 1. The van der Waals surface area contributed by atoms with E-state index >= 15 is 0 Å². The summed E-state index contributed by atoms with van der Waals surface area (Å²) in [7, 11) is 0. The molecular formula is C47H26N6O. The summed E-state index contributed by atoms with van der Waals surface area (Å²) >= 11 is 0. The molecule has 0 unspecified atom stereocenters. The van der Waals surface area contributed by atoms with Crippen molar-refractivity contribution in [3.8, 4) is 63.1 Å². The number of hydrogen-bond acceptors (Lipinski definition) is 6. The van der Waals surface area contributed by atoms with E-state index in [0.29, 0.717) is 34.2 Å². The van der Waals surface area contributed by atoms with Gasteiger partial charge in [-0.05, 0) is 66.2 Å². The standard InChI is InChI=1S/C47H26N6O/c48-27-33-14-9-16-35(40(33)28-49)31-19-22-43-38(24-31)39-26-34(20-23-44(39)54-43)53-41-17-8-7-15-36(41)37-25-32(18-21-42(37)53)47-51-45(29-10-3-1-4-11-29)50-46(52-47)30-12-5-2-6-13-30/h1-26H. The Morgan fingerprint density at radius 2 is 1.04 bits per heavy atom. The fraction of sp³-hybridized carbons (Fsp3) is 0. The van der Waals surface area contributed by atoms with Gasteiger partial charge in [-0.25, -0.2) is 15.0 Å². The molecule has 0 spiro atoms. The maximum absolute atomic E-state index is 9.92. The third-order valence-electron chi connectivity index (χ3n) is 9.95. The van der Waals surface area contributed by atoms with Gasteiger partial charge in [0, 0.05) is 49.5 Å².